The van der Waals surface area contributed by atoms with Crippen LogP contribution in [0, 0.1) is 12.3 Å². The molecule has 0 aliphatic heterocycles. The normalized spacial score (nSPS) is 14.4. The van der Waals surface area contributed by atoms with Gasteiger partial charge in [-0.3, -0.25) is 5.41 Å². The van der Waals surface area contributed by atoms with Crippen LogP contribution in [0.2, 0.25) is 0 Å². The SMILES string of the molecule is Cc1cc(C(=N)N)ccc1CSC(C)C(C)O. The van der Waals surface area contributed by atoms with E-state index in [2.05, 4.69) is 0 Å². The van der Waals surface area contributed by atoms with Crippen LogP contribution in [0.4, 0.5) is 0 Å². The predicted octanol–water partition coefficient (Wildman–Crippen LogP) is 2.28. The largest absolute Gasteiger partial charge is 0.392 e. The van der Waals surface area contributed by atoms with Gasteiger partial charge in [0, 0.05) is 16.6 Å². The molecule has 0 aromatic heterocycles. The lowest BCUT2D eigenvalue weighted by atomic mass is 10.1. The molecule has 4 N–H and O–H groups in total. The number of aliphatic hydroxyl groups is 1. The molecule has 0 bridgehead atoms. The van der Waals surface area contributed by atoms with Crippen LogP contribution in [0.3, 0.4) is 0 Å². The highest BCUT2D eigenvalue weighted by Crippen LogP contribution is 2.22. The summed E-state index contributed by atoms with van der Waals surface area (Å²) in [5, 5.41) is 17.0. The van der Waals surface area contributed by atoms with Crippen molar-refractivity contribution in [3.8, 4) is 0 Å². The maximum absolute atomic E-state index is 9.42. The molecule has 3 nitrogen and oxygen atoms in total. The summed E-state index contributed by atoms with van der Waals surface area (Å²) >= 11 is 1.73. The first-order chi connectivity index (χ1) is 7.91. The summed E-state index contributed by atoms with van der Waals surface area (Å²) < 4.78 is 0. The number of thioether (sulfide) groups is 1. The molecule has 0 heterocycles. The molecule has 0 aliphatic rings. The zero-order valence-electron chi connectivity index (χ0n) is 10.5. The molecule has 94 valence electrons. The van der Waals surface area contributed by atoms with E-state index in [-0.39, 0.29) is 17.2 Å². The lowest BCUT2D eigenvalue weighted by Crippen LogP contribution is -2.15. The van der Waals surface area contributed by atoms with Crippen molar-refractivity contribution in [2.75, 3.05) is 0 Å². The molecule has 1 rings (SSSR count). The highest BCUT2D eigenvalue weighted by atomic mass is 32.2. The number of hydrogen-bond donors (Lipinski definition) is 3. The number of aryl methyl sites for hydroxylation is 1. The summed E-state index contributed by atoms with van der Waals surface area (Å²) in [4.78, 5) is 0. The van der Waals surface area contributed by atoms with Gasteiger partial charge in [-0.25, -0.2) is 0 Å². The van der Waals surface area contributed by atoms with E-state index in [1.54, 1.807) is 11.8 Å². The summed E-state index contributed by atoms with van der Waals surface area (Å²) in [6.45, 7) is 5.85. The van der Waals surface area contributed by atoms with Crippen molar-refractivity contribution >= 4 is 17.6 Å². The van der Waals surface area contributed by atoms with Gasteiger partial charge in [-0.2, -0.15) is 11.8 Å². The number of amidine groups is 1. The van der Waals surface area contributed by atoms with Crippen molar-refractivity contribution < 1.29 is 5.11 Å². The van der Waals surface area contributed by atoms with Gasteiger partial charge < -0.3 is 10.8 Å². The third kappa shape index (κ3) is 4.06. The van der Waals surface area contributed by atoms with E-state index in [1.807, 2.05) is 39.0 Å². The molecule has 0 aliphatic carbocycles. The number of nitrogens with one attached hydrogen (secondary N) is 1. The van der Waals surface area contributed by atoms with Crippen LogP contribution in [0.5, 0.6) is 0 Å². The first kappa shape index (κ1) is 14.1. The van der Waals surface area contributed by atoms with Crippen LogP contribution in [-0.2, 0) is 5.75 Å². The van der Waals surface area contributed by atoms with Gasteiger partial charge >= 0.3 is 0 Å². The highest BCUT2D eigenvalue weighted by molar-refractivity contribution is 7.99. The van der Waals surface area contributed by atoms with Gasteiger partial charge in [-0.15, -0.1) is 0 Å². The molecule has 0 saturated heterocycles. The van der Waals surface area contributed by atoms with Gasteiger partial charge in [0.2, 0.25) is 0 Å². The van der Waals surface area contributed by atoms with Crippen LogP contribution in [0.15, 0.2) is 18.2 Å². The molecule has 0 saturated carbocycles. The van der Waals surface area contributed by atoms with Crippen LogP contribution < -0.4 is 5.73 Å². The van der Waals surface area contributed by atoms with Crippen molar-refractivity contribution in [3.63, 3.8) is 0 Å². The Morgan fingerprint density at radius 2 is 2.12 bits per heavy atom. The molecule has 4 heteroatoms. The maximum Gasteiger partial charge on any atom is 0.122 e. The molecule has 17 heavy (non-hydrogen) atoms. The topological polar surface area (TPSA) is 70.1 Å². The summed E-state index contributed by atoms with van der Waals surface area (Å²) in [5.41, 5.74) is 8.57. The molecule has 0 fully saturated rings. The van der Waals surface area contributed by atoms with Crippen molar-refractivity contribution in [1.29, 1.82) is 5.41 Å². The number of nitrogens with two attached hydrogens (primary N) is 1. The fourth-order valence-electron chi connectivity index (χ4n) is 1.39. The fourth-order valence-corrected chi connectivity index (χ4v) is 2.43. The Hall–Kier alpha value is -1.000. The van der Waals surface area contributed by atoms with E-state index < -0.39 is 0 Å². The highest BCUT2D eigenvalue weighted by Gasteiger charge is 2.10. The number of aliphatic hydroxyl groups excluding tert-OH is 1. The smallest absolute Gasteiger partial charge is 0.122 e. The van der Waals surface area contributed by atoms with Crippen molar-refractivity contribution in [2.45, 2.75) is 37.9 Å². The zero-order chi connectivity index (χ0) is 13.0. The van der Waals surface area contributed by atoms with E-state index in [0.29, 0.717) is 0 Å². The Morgan fingerprint density at radius 1 is 1.47 bits per heavy atom. The van der Waals surface area contributed by atoms with Crippen molar-refractivity contribution in [3.05, 3.63) is 34.9 Å². The molecular weight excluding hydrogens is 232 g/mol. The van der Waals surface area contributed by atoms with Gasteiger partial charge in [-0.1, -0.05) is 19.1 Å². The van der Waals surface area contributed by atoms with Gasteiger partial charge in [0.05, 0.1) is 6.10 Å². The van der Waals surface area contributed by atoms with Crippen LogP contribution >= 0.6 is 11.8 Å². The van der Waals surface area contributed by atoms with E-state index in [1.165, 1.54) is 5.56 Å². The van der Waals surface area contributed by atoms with Gasteiger partial charge in [-0.05, 0) is 31.0 Å². The predicted molar refractivity (Wildman–Crippen MR) is 74.6 cm³/mol. The van der Waals surface area contributed by atoms with E-state index in [9.17, 15) is 5.11 Å². The first-order valence-corrected chi connectivity index (χ1v) is 6.70. The van der Waals surface area contributed by atoms with Crippen molar-refractivity contribution in [2.24, 2.45) is 5.73 Å². The second-order valence-electron chi connectivity index (χ2n) is 4.31. The average Bonchev–Trinajstić information content (AvgIpc) is 2.26. The minimum absolute atomic E-state index is 0.102. The average molecular weight is 252 g/mol. The third-order valence-electron chi connectivity index (χ3n) is 2.83. The lowest BCUT2D eigenvalue weighted by Gasteiger charge is -2.15. The minimum Gasteiger partial charge on any atom is -0.392 e. The second kappa shape index (κ2) is 6.07. The third-order valence-corrected chi connectivity index (χ3v) is 4.23. The van der Waals surface area contributed by atoms with E-state index in [0.717, 1.165) is 16.9 Å². The lowest BCUT2D eigenvalue weighted by molar-refractivity contribution is 0.196. The molecule has 2 unspecified atom stereocenters. The van der Waals surface area contributed by atoms with Crippen LogP contribution in [0.25, 0.3) is 0 Å². The number of rotatable bonds is 5. The fraction of sp³-hybridized carbons (Fsp3) is 0.462. The van der Waals surface area contributed by atoms with E-state index in [4.69, 9.17) is 11.1 Å². The zero-order valence-corrected chi connectivity index (χ0v) is 11.3. The molecule has 1 aromatic rings. The molecular formula is C13H20N2OS. The monoisotopic (exact) mass is 252 g/mol. The summed E-state index contributed by atoms with van der Waals surface area (Å²) in [5.74, 6) is 0.973. The van der Waals surface area contributed by atoms with Gasteiger partial charge in [0.15, 0.2) is 0 Å². The standard InChI is InChI=1S/C13H20N2OS/c1-8-6-11(13(14)15)4-5-12(8)7-17-10(3)9(2)16/h4-6,9-10,16H,7H2,1-3H3,(H3,14,15). The summed E-state index contributed by atoms with van der Waals surface area (Å²) in [7, 11) is 0. The quantitative estimate of drug-likeness (QED) is 0.556. The maximum atomic E-state index is 9.42. The Balaban J connectivity index is 2.70. The first-order valence-electron chi connectivity index (χ1n) is 5.65. The Labute approximate surface area is 107 Å². The Kier molecular flexibility index (Phi) is 5.02. The number of benzene rings is 1. The Bertz CT molecular complexity index is 404. The molecule has 0 spiro atoms. The molecule has 0 radical (unpaired) electrons. The van der Waals surface area contributed by atoms with Crippen molar-refractivity contribution in [1.82, 2.24) is 0 Å². The Morgan fingerprint density at radius 3 is 2.59 bits per heavy atom. The van der Waals surface area contributed by atoms with Crippen LogP contribution in [-0.4, -0.2) is 22.3 Å². The van der Waals surface area contributed by atoms with Gasteiger partial charge in [0.25, 0.3) is 0 Å². The van der Waals surface area contributed by atoms with E-state index >= 15 is 0 Å². The second-order valence-corrected chi connectivity index (χ2v) is 5.68. The number of nitrogen functional groups attached to an aromatic ring is 1. The number of hydrogen-bond acceptors (Lipinski definition) is 3. The summed E-state index contributed by atoms with van der Waals surface area (Å²) in [6.07, 6.45) is -0.295. The minimum atomic E-state index is -0.295. The molecule has 0 amide bonds. The van der Waals surface area contributed by atoms with Gasteiger partial charge in [0.1, 0.15) is 5.84 Å². The molecule has 1 aromatic carbocycles. The summed E-state index contributed by atoms with van der Waals surface area (Å²) in [6, 6.07) is 5.82. The van der Waals surface area contributed by atoms with Crippen LogP contribution in [0.1, 0.15) is 30.5 Å². The molecule has 2 atom stereocenters.